The number of thiazole rings is 1. The fourth-order valence-corrected chi connectivity index (χ4v) is 6.41. The Morgan fingerprint density at radius 2 is 1.52 bits per heavy atom. The molecule has 1 aliphatic heterocycles. The first-order valence-electron chi connectivity index (χ1n) is 13.7. The van der Waals surface area contributed by atoms with Gasteiger partial charge in [0.2, 0.25) is 0 Å². The van der Waals surface area contributed by atoms with Crippen molar-refractivity contribution in [3.05, 3.63) is 170 Å². The molecule has 0 fully saturated rings. The van der Waals surface area contributed by atoms with Gasteiger partial charge in [0, 0.05) is 41.1 Å². The second kappa shape index (κ2) is 11.0. The highest BCUT2D eigenvalue weighted by molar-refractivity contribution is 7.07. The van der Waals surface area contributed by atoms with E-state index < -0.39 is 6.04 Å². The number of carbonyl (C=O) groups excluding carboxylic acids is 1. The van der Waals surface area contributed by atoms with Crippen molar-refractivity contribution in [3.63, 3.8) is 0 Å². The third kappa shape index (κ3) is 4.80. The topological polar surface area (TPSA) is 68.4 Å². The van der Waals surface area contributed by atoms with E-state index in [9.17, 15) is 9.59 Å². The molecule has 1 amide bonds. The normalized spacial score (nSPS) is 14.7. The second-order valence-electron chi connectivity index (χ2n) is 10.1. The van der Waals surface area contributed by atoms with E-state index in [1.54, 1.807) is 10.8 Å². The first kappa shape index (κ1) is 25.7. The van der Waals surface area contributed by atoms with E-state index in [-0.39, 0.29) is 11.5 Å². The monoisotopic (exact) mass is 566 g/mol. The molecule has 6 aromatic rings. The summed E-state index contributed by atoms with van der Waals surface area (Å²) < 4.78 is 4.43. The van der Waals surface area contributed by atoms with E-state index in [4.69, 9.17) is 0 Å². The van der Waals surface area contributed by atoms with E-state index in [1.807, 2.05) is 97.1 Å². The van der Waals surface area contributed by atoms with E-state index in [1.165, 1.54) is 16.9 Å². The number of anilines is 1. The predicted molar refractivity (Wildman–Crippen MR) is 168 cm³/mol. The van der Waals surface area contributed by atoms with Crippen LogP contribution in [0.2, 0.25) is 0 Å². The molecule has 0 spiro atoms. The Morgan fingerprint density at radius 1 is 0.857 bits per heavy atom. The summed E-state index contributed by atoms with van der Waals surface area (Å²) in [6.07, 6.45) is 5.64. The molecule has 1 N–H and O–H groups in total. The van der Waals surface area contributed by atoms with Crippen LogP contribution < -0.4 is 20.2 Å². The number of nitrogens with one attached hydrogen (secondary N) is 1. The lowest BCUT2D eigenvalue weighted by Gasteiger charge is -2.23. The summed E-state index contributed by atoms with van der Waals surface area (Å²) in [5.74, 6) is -0.294. The van der Waals surface area contributed by atoms with Crippen molar-refractivity contribution in [3.8, 4) is 0 Å². The van der Waals surface area contributed by atoms with Crippen LogP contribution >= 0.6 is 11.3 Å². The lowest BCUT2D eigenvalue weighted by Crippen LogP contribution is -2.39. The Kier molecular flexibility index (Phi) is 6.70. The molecule has 1 atom stereocenters. The van der Waals surface area contributed by atoms with Crippen molar-refractivity contribution in [2.75, 3.05) is 5.32 Å². The van der Waals surface area contributed by atoms with Gasteiger partial charge in [-0.05, 0) is 35.4 Å². The minimum absolute atomic E-state index is 0.175. The Hall–Kier alpha value is -5.27. The SMILES string of the molecule is O=C(Nc1ccccc1)C1=CN=c2s/c(=C\c3cn(Cc4ccccc4)c4ccccc34)c(=O)n2[C@H]1c1ccccc1. The van der Waals surface area contributed by atoms with Gasteiger partial charge in [-0.25, -0.2) is 4.99 Å². The van der Waals surface area contributed by atoms with Gasteiger partial charge in [0.1, 0.15) is 0 Å². The van der Waals surface area contributed by atoms with Gasteiger partial charge < -0.3 is 9.88 Å². The van der Waals surface area contributed by atoms with Gasteiger partial charge in [-0.15, -0.1) is 0 Å². The predicted octanol–water partition coefficient (Wildman–Crippen LogP) is 5.49. The van der Waals surface area contributed by atoms with Crippen LogP contribution in [0.1, 0.15) is 22.7 Å². The Labute approximate surface area is 245 Å². The third-order valence-corrected chi connectivity index (χ3v) is 8.41. The van der Waals surface area contributed by atoms with Gasteiger partial charge >= 0.3 is 0 Å². The molecular formula is C35H26N4O2S. The minimum Gasteiger partial charge on any atom is -0.342 e. The zero-order valence-electron chi connectivity index (χ0n) is 22.6. The van der Waals surface area contributed by atoms with Crippen molar-refractivity contribution in [1.82, 2.24) is 9.13 Å². The highest BCUT2D eigenvalue weighted by atomic mass is 32.1. The zero-order valence-corrected chi connectivity index (χ0v) is 23.4. The van der Waals surface area contributed by atoms with Crippen LogP contribution in [0.5, 0.6) is 0 Å². The number of amides is 1. The lowest BCUT2D eigenvalue weighted by molar-refractivity contribution is -0.113. The maximum atomic E-state index is 14.1. The van der Waals surface area contributed by atoms with Crippen molar-refractivity contribution in [2.45, 2.75) is 12.6 Å². The Balaban J connectivity index is 1.33. The average molecular weight is 567 g/mol. The van der Waals surface area contributed by atoms with Gasteiger partial charge in [-0.3, -0.25) is 14.2 Å². The number of nitrogens with zero attached hydrogens (tertiary/aromatic N) is 3. The lowest BCUT2D eigenvalue weighted by atomic mass is 9.97. The first-order valence-corrected chi connectivity index (χ1v) is 14.5. The molecule has 0 bridgehead atoms. The minimum atomic E-state index is -0.604. The smallest absolute Gasteiger partial charge is 0.271 e. The first-order chi connectivity index (χ1) is 20.7. The molecule has 0 saturated heterocycles. The van der Waals surface area contributed by atoms with Crippen molar-refractivity contribution >= 4 is 39.9 Å². The van der Waals surface area contributed by atoms with Gasteiger partial charge in [0.15, 0.2) is 4.80 Å². The molecule has 3 heterocycles. The van der Waals surface area contributed by atoms with Gasteiger partial charge in [0.25, 0.3) is 11.5 Å². The van der Waals surface area contributed by atoms with Crippen molar-refractivity contribution < 1.29 is 4.79 Å². The van der Waals surface area contributed by atoms with Crippen LogP contribution in [0.3, 0.4) is 0 Å². The number of hydrogen-bond acceptors (Lipinski definition) is 4. The number of fused-ring (bicyclic) bond motifs is 2. The molecule has 6 nitrogen and oxygen atoms in total. The third-order valence-electron chi connectivity index (χ3n) is 7.41. The Bertz CT molecular complexity index is 2130. The molecule has 1 aliphatic rings. The van der Waals surface area contributed by atoms with E-state index in [0.717, 1.165) is 28.6 Å². The standard InChI is InChI=1S/C35H26N4O2S/c40-33(37-27-16-8-3-9-17-27)29-21-36-35-39(32(29)25-14-6-2-7-15-25)34(41)31(42-35)20-26-23-38(22-24-12-4-1-5-13-24)30-19-11-10-18-28(26)30/h1-21,23,32H,22H2,(H,37,40)/b31-20-/t32-/m0/s1. The van der Waals surface area contributed by atoms with Crippen LogP contribution in [0.4, 0.5) is 5.69 Å². The van der Waals surface area contributed by atoms with Gasteiger partial charge in [-0.2, -0.15) is 0 Å². The maximum absolute atomic E-state index is 14.1. The molecule has 0 aliphatic carbocycles. The van der Waals surface area contributed by atoms with Gasteiger partial charge in [-0.1, -0.05) is 108 Å². The van der Waals surface area contributed by atoms with Crippen LogP contribution in [-0.2, 0) is 11.3 Å². The van der Waals surface area contributed by atoms with Crippen LogP contribution in [0.15, 0.2) is 143 Å². The maximum Gasteiger partial charge on any atom is 0.271 e. The summed E-state index contributed by atoms with van der Waals surface area (Å²) in [6, 6.07) is 36.9. The number of para-hydroxylation sites is 2. The molecule has 0 saturated carbocycles. The number of aromatic nitrogens is 2. The molecule has 7 heteroatoms. The quantitative estimate of drug-likeness (QED) is 0.290. The highest BCUT2D eigenvalue weighted by Gasteiger charge is 2.30. The molecule has 0 unspecified atom stereocenters. The van der Waals surface area contributed by atoms with Crippen LogP contribution in [0, 0.1) is 0 Å². The summed E-state index contributed by atoms with van der Waals surface area (Å²) in [5.41, 5.74) is 5.02. The molecule has 0 radical (unpaired) electrons. The number of carbonyl (C=O) groups is 1. The van der Waals surface area contributed by atoms with Gasteiger partial charge in [0.05, 0.1) is 16.1 Å². The molecule has 204 valence electrons. The summed E-state index contributed by atoms with van der Waals surface area (Å²) in [4.78, 5) is 32.7. The fourth-order valence-electron chi connectivity index (χ4n) is 5.45. The highest BCUT2D eigenvalue weighted by Crippen LogP contribution is 2.28. The van der Waals surface area contributed by atoms with Crippen molar-refractivity contribution in [2.24, 2.45) is 4.99 Å². The number of rotatable bonds is 6. The average Bonchev–Trinajstić information content (AvgIpc) is 3.54. The second-order valence-corrected chi connectivity index (χ2v) is 11.1. The summed E-state index contributed by atoms with van der Waals surface area (Å²) >= 11 is 1.34. The largest absolute Gasteiger partial charge is 0.342 e. The molecule has 2 aromatic heterocycles. The summed E-state index contributed by atoms with van der Waals surface area (Å²) in [5, 5.41) is 4.03. The molecule has 4 aromatic carbocycles. The molecule has 7 rings (SSSR count). The van der Waals surface area contributed by atoms with E-state index in [2.05, 4.69) is 45.3 Å². The zero-order chi connectivity index (χ0) is 28.5. The fraction of sp³-hybridized carbons (Fsp3) is 0.0571. The van der Waals surface area contributed by atoms with E-state index in [0.29, 0.717) is 20.6 Å². The van der Waals surface area contributed by atoms with Crippen LogP contribution in [0.25, 0.3) is 17.0 Å². The molecular weight excluding hydrogens is 540 g/mol. The number of benzene rings is 4. The number of hydrogen-bond donors (Lipinski definition) is 1. The molecule has 42 heavy (non-hydrogen) atoms. The van der Waals surface area contributed by atoms with Crippen molar-refractivity contribution in [1.29, 1.82) is 0 Å². The Morgan fingerprint density at radius 3 is 2.29 bits per heavy atom. The summed E-state index contributed by atoms with van der Waals surface area (Å²) in [6.45, 7) is 0.727. The van der Waals surface area contributed by atoms with E-state index >= 15 is 0 Å². The van der Waals surface area contributed by atoms with Crippen LogP contribution in [-0.4, -0.2) is 15.0 Å². The summed E-state index contributed by atoms with van der Waals surface area (Å²) in [7, 11) is 0.